The molecule has 1 amide bonds. The van der Waals surface area contributed by atoms with Gasteiger partial charge in [-0.25, -0.2) is 0 Å². The maximum absolute atomic E-state index is 12.3. The van der Waals surface area contributed by atoms with Gasteiger partial charge in [-0.1, -0.05) is 11.6 Å². The Morgan fingerprint density at radius 1 is 1.10 bits per heavy atom. The fraction of sp³-hybridized carbons (Fsp3) is 0.188. The molecule has 0 unspecified atom stereocenters. The van der Waals surface area contributed by atoms with Crippen LogP contribution in [-0.4, -0.2) is 19.1 Å². The number of hydrogen-bond acceptors (Lipinski definition) is 4. The summed E-state index contributed by atoms with van der Waals surface area (Å²) >= 11 is 0. The largest absolute Gasteiger partial charge is 0.486 e. The van der Waals surface area contributed by atoms with Gasteiger partial charge in [0.2, 0.25) is 0 Å². The van der Waals surface area contributed by atoms with E-state index in [1.165, 1.54) is 0 Å². The molecule has 0 saturated carbocycles. The van der Waals surface area contributed by atoms with Crippen LogP contribution in [0, 0.1) is 6.92 Å². The zero-order valence-electron chi connectivity index (χ0n) is 11.7. The number of nitrogen functional groups attached to an aromatic ring is 1. The van der Waals surface area contributed by atoms with Gasteiger partial charge in [-0.15, -0.1) is 0 Å². The van der Waals surface area contributed by atoms with E-state index in [2.05, 4.69) is 5.32 Å². The fourth-order valence-electron chi connectivity index (χ4n) is 2.19. The van der Waals surface area contributed by atoms with Crippen LogP contribution in [0.15, 0.2) is 36.4 Å². The van der Waals surface area contributed by atoms with E-state index in [1.807, 2.05) is 13.0 Å². The average molecular weight is 284 g/mol. The SMILES string of the molecule is Cc1ccc(N)c(C(=O)Nc2ccc3c(c2)OCCO3)c1. The normalized spacial score (nSPS) is 12.8. The van der Waals surface area contributed by atoms with Gasteiger partial charge in [0.05, 0.1) is 5.56 Å². The molecule has 21 heavy (non-hydrogen) atoms. The summed E-state index contributed by atoms with van der Waals surface area (Å²) in [5.74, 6) is 1.08. The molecule has 5 nitrogen and oxygen atoms in total. The molecule has 0 aliphatic carbocycles. The molecule has 0 aromatic heterocycles. The number of nitrogens with two attached hydrogens (primary N) is 1. The summed E-state index contributed by atoms with van der Waals surface area (Å²) < 4.78 is 10.9. The lowest BCUT2D eigenvalue weighted by atomic mass is 10.1. The van der Waals surface area contributed by atoms with Crippen LogP contribution in [0.3, 0.4) is 0 Å². The topological polar surface area (TPSA) is 73.6 Å². The first-order valence-corrected chi connectivity index (χ1v) is 6.70. The molecule has 0 atom stereocenters. The monoisotopic (exact) mass is 284 g/mol. The zero-order chi connectivity index (χ0) is 14.8. The highest BCUT2D eigenvalue weighted by atomic mass is 16.6. The van der Waals surface area contributed by atoms with Crippen molar-refractivity contribution in [2.45, 2.75) is 6.92 Å². The summed E-state index contributed by atoms with van der Waals surface area (Å²) in [4.78, 5) is 12.3. The highest BCUT2D eigenvalue weighted by Gasteiger charge is 2.14. The van der Waals surface area contributed by atoms with E-state index < -0.39 is 0 Å². The van der Waals surface area contributed by atoms with Crippen molar-refractivity contribution >= 4 is 17.3 Å². The molecular formula is C16H16N2O3. The Labute approximate surface area is 122 Å². The molecule has 3 rings (SSSR count). The van der Waals surface area contributed by atoms with E-state index in [1.54, 1.807) is 30.3 Å². The molecular weight excluding hydrogens is 268 g/mol. The maximum atomic E-state index is 12.3. The predicted molar refractivity (Wildman–Crippen MR) is 81.0 cm³/mol. The van der Waals surface area contributed by atoms with Crippen LogP contribution < -0.4 is 20.5 Å². The number of nitrogens with one attached hydrogen (secondary N) is 1. The van der Waals surface area contributed by atoms with Crippen molar-refractivity contribution in [1.82, 2.24) is 0 Å². The van der Waals surface area contributed by atoms with Crippen LogP contribution in [0.2, 0.25) is 0 Å². The second-order valence-corrected chi connectivity index (χ2v) is 4.90. The number of rotatable bonds is 2. The van der Waals surface area contributed by atoms with Crippen LogP contribution in [0.1, 0.15) is 15.9 Å². The van der Waals surface area contributed by atoms with E-state index in [0.29, 0.717) is 41.7 Å². The smallest absolute Gasteiger partial charge is 0.257 e. The van der Waals surface area contributed by atoms with E-state index in [-0.39, 0.29) is 5.91 Å². The summed E-state index contributed by atoms with van der Waals surface area (Å²) in [5.41, 5.74) is 8.39. The highest BCUT2D eigenvalue weighted by molar-refractivity contribution is 6.07. The molecule has 1 heterocycles. The fourth-order valence-corrected chi connectivity index (χ4v) is 2.19. The summed E-state index contributed by atoms with van der Waals surface area (Å²) in [5, 5.41) is 2.82. The van der Waals surface area contributed by atoms with Gasteiger partial charge in [-0.3, -0.25) is 4.79 Å². The number of amides is 1. The third-order valence-corrected chi connectivity index (χ3v) is 3.25. The Morgan fingerprint density at radius 2 is 1.86 bits per heavy atom. The van der Waals surface area contributed by atoms with E-state index in [4.69, 9.17) is 15.2 Å². The van der Waals surface area contributed by atoms with Crippen molar-refractivity contribution in [3.8, 4) is 11.5 Å². The van der Waals surface area contributed by atoms with Gasteiger partial charge >= 0.3 is 0 Å². The maximum Gasteiger partial charge on any atom is 0.257 e. The number of fused-ring (bicyclic) bond motifs is 1. The van der Waals surface area contributed by atoms with Gasteiger partial charge < -0.3 is 20.5 Å². The van der Waals surface area contributed by atoms with Crippen molar-refractivity contribution in [1.29, 1.82) is 0 Å². The zero-order valence-corrected chi connectivity index (χ0v) is 11.7. The second-order valence-electron chi connectivity index (χ2n) is 4.90. The Kier molecular flexibility index (Phi) is 3.39. The van der Waals surface area contributed by atoms with Crippen molar-refractivity contribution in [2.24, 2.45) is 0 Å². The lowest BCUT2D eigenvalue weighted by molar-refractivity contribution is 0.102. The van der Waals surface area contributed by atoms with Crippen molar-refractivity contribution in [2.75, 3.05) is 24.3 Å². The lowest BCUT2D eigenvalue weighted by Gasteiger charge is -2.19. The minimum absolute atomic E-state index is 0.243. The lowest BCUT2D eigenvalue weighted by Crippen LogP contribution is -2.17. The number of hydrogen-bond donors (Lipinski definition) is 2. The first-order valence-electron chi connectivity index (χ1n) is 6.70. The Morgan fingerprint density at radius 3 is 2.67 bits per heavy atom. The summed E-state index contributed by atoms with van der Waals surface area (Å²) in [7, 11) is 0. The van der Waals surface area contributed by atoms with Crippen LogP contribution >= 0.6 is 0 Å². The number of carbonyl (C=O) groups is 1. The quantitative estimate of drug-likeness (QED) is 0.831. The molecule has 1 aliphatic rings. The number of aryl methyl sites for hydroxylation is 1. The summed E-state index contributed by atoms with van der Waals surface area (Å²) in [6, 6.07) is 10.7. The van der Waals surface area contributed by atoms with Crippen molar-refractivity contribution in [3.05, 3.63) is 47.5 Å². The molecule has 0 fully saturated rings. The molecule has 108 valence electrons. The second kappa shape index (κ2) is 5.36. The highest BCUT2D eigenvalue weighted by Crippen LogP contribution is 2.32. The van der Waals surface area contributed by atoms with E-state index in [0.717, 1.165) is 5.56 Å². The molecule has 0 spiro atoms. The number of benzene rings is 2. The van der Waals surface area contributed by atoms with Gasteiger partial charge in [0.15, 0.2) is 11.5 Å². The van der Waals surface area contributed by atoms with Crippen molar-refractivity contribution < 1.29 is 14.3 Å². The minimum Gasteiger partial charge on any atom is -0.486 e. The Balaban J connectivity index is 1.83. The average Bonchev–Trinajstić information content (AvgIpc) is 2.49. The van der Waals surface area contributed by atoms with Gasteiger partial charge in [0.25, 0.3) is 5.91 Å². The van der Waals surface area contributed by atoms with Gasteiger partial charge in [0.1, 0.15) is 13.2 Å². The van der Waals surface area contributed by atoms with Crippen LogP contribution in [0.25, 0.3) is 0 Å². The van der Waals surface area contributed by atoms with Crippen LogP contribution in [0.4, 0.5) is 11.4 Å². The number of ether oxygens (including phenoxy) is 2. The molecule has 0 radical (unpaired) electrons. The van der Waals surface area contributed by atoms with Gasteiger partial charge in [-0.05, 0) is 31.2 Å². The standard InChI is InChI=1S/C16H16N2O3/c1-10-2-4-13(17)12(8-10)16(19)18-11-3-5-14-15(9-11)21-7-6-20-14/h2-5,8-9H,6-7,17H2,1H3,(H,18,19). The third kappa shape index (κ3) is 2.76. The van der Waals surface area contributed by atoms with Gasteiger partial charge in [-0.2, -0.15) is 0 Å². The summed E-state index contributed by atoms with van der Waals surface area (Å²) in [6.45, 7) is 2.97. The Hall–Kier alpha value is -2.69. The van der Waals surface area contributed by atoms with E-state index in [9.17, 15) is 4.79 Å². The molecule has 5 heteroatoms. The van der Waals surface area contributed by atoms with Gasteiger partial charge in [0, 0.05) is 17.4 Å². The first-order chi connectivity index (χ1) is 10.1. The van der Waals surface area contributed by atoms with Crippen molar-refractivity contribution in [3.63, 3.8) is 0 Å². The summed E-state index contributed by atoms with van der Waals surface area (Å²) in [6.07, 6.45) is 0. The third-order valence-electron chi connectivity index (χ3n) is 3.25. The Bertz CT molecular complexity index is 698. The van der Waals surface area contributed by atoms with E-state index >= 15 is 0 Å². The molecule has 0 saturated heterocycles. The molecule has 3 N–H and O–H groups in total. The van der Waals surface area contributed by atoms with Crippen LogP contribution in [-0.2, 0) is 0 Å². The molecule has 1 aliphatic heterocycles. The molecule has 2 aromatic rings. The molecule has 2 aromatic carbocycles. The molecule has 0 bridgehead atoms. The van der Waals surface area contributed by atoms with Crippen LogP contribution in [0.5, 0.6) is 11.5 Å². The predicted octanol–water partition coefficient (Wildman–Crippen LogP) is 2.60. The minimum atomic E-state index is -0.243. The number of carbonyl (C=O) groups excluding carboxylic acids is 1. The first kappa shape index (κ1) is 13.3. The number of anilines is 2.